The van der Waals surface area contributed by atoms with Gasteiger partial charge in [0.1, 0.15) is 18.5 Å². The summed E-state index contributed by atoms with van der Waals surface area (Å²) in [5, 5.41) is 14.4. The Labute approximate surface area is 147 Å². The van der Waals surface area contributed by atoms with E-state index in [1.54, 1.807) is 30.9 Å². The first-order valence-corrected chi connectivity index (χ1v) is 8.74. The zero-order chi connectivity index (χ0) is 17.5. The zero-order valence-electron chi connectivity index (χ0n) is 14.3. The molecule has 2 aromatic rings. The summed E-state index contributed by atoms with van der Waals surface area (Å²) in [6.07, 6.45) is 5.00. The van der Waals surface area contributed by atoms with Crippen molar-refractivity contribution in [3.63, 3.8) is 0 Å². The average molecular weight is 348 g/mol. The molecule has 1 N–H and O–H groups in total. The van der Waals surface area contributed by atoms with Crippen LogP contribution in [0.15, 0.2) is 36.9 Å². The number of β-amino-alcohol motifs (C(OH)–C–C–N with tert-alkyl or cyclic N) is 1. The third-order valence-electron chi connectivity index (χ3n) is 4.51. The predicted octanol–water partition coefficient (Wildman–Crippen LogP) is 1.71. The molecule has 1 aliphatic rings. The number of ether oxygens (including phenoxy) is 1. The molecule has 0 saturated carbocycles. The molecule has 0 radical (unpaired) electrons. The molecule has 0 spiro atoms. The molecule has 25 heavy (non-hydrogen) atoms. The van der Waals surface area contributed by atoms with Crippen molar-refractivity contribution in [2.24, 2.45) is 5.92 Å². The number of hydrogen-bond acceptors (Lipinski definition) is 5. The molecule has 1 aromatic heterocycles. The van der Waals surface area contributed by atoms with Crippen molar-refractivity contribution in [3.05, 3.63) is 48.3 Å². The molecular formula is C18H25FN4O2. The summed E-state index contributed by atoms with van der Waals surface area (Å²) in [5.74, 6) is 0.242. The van der Waals surface area contributed by atoms with Crippen molar-refractivity contribution in [1.82, 2.24) is 19.7 Å². The molecule has 1 saturated heterocycles. The minimum absolute atomic E-state index is 0.179. The first-order valence-electron chi connectivity index (χ1n) is 8.74. The Morgan fingerprint density at radius 3 is 3.04 bits per heavy atom. The van der Waals surface area contributed by atoms with Gasteiger partial charge in [0.15, 0.2) is 0 Å². The van der Waals surface area contributed by atoms with E-state index in [4.69, 9.17) is 4.74 Å². The van der Waals surface area contributed by atoms with Crippen LogP contribution in [-0.4, -0.2) is 57.1 Å². The highest BCUT2D eigenvalue weighted by molar-refractivity contribution is 5.16. The molecule has 2 unspecified atom stereocenters. The fourth-order valence-corrected chi connectivity index (χ4v) is 3.33. The number of nitrogens with zero attached hydrogens (tertiary/aromatic N) is 4. The number of rotatable bonds is 8. The third kappa shape index (κ3) is 5.59. The van der Waals surface area contributed by atoms with Crippen LogP contribution >= 0.6 is 0 Å². The van der Waals surface area contributed by atoms with E-state index in [1.807, 2.05) is 4.68 Å². The van der Waals surface area contributed by atoms with Gasteiger partial charge in [0.25, 0.3) is 0 Å². The van der Waals surface area contributed by atoms with Crippen molar-refractivity contribution < 1.29 is 14.2 Å². The maximum atomic E-state index is 13.5. The van der Waals surface area contributed by atoms with Gasteiger partial charge in [0, 0.05) is 25.2 Å². The van der Waals surface area contributed by atoms with Crippen molar-refractivity contribution in [1.29, 1.82) is 0 Å². The second kappa shape index (κ2) is 9.03. The van der Waals surface area contributed by atoms with Crippen molar-refractivity contribution in [2.45, 2.75) is 32.1 Å². The van der Waals surface area contributed by atoms with Crippen LogP contribution in [0, 0.1) is 11.7 Å². The summed E-state index contributed by atoms with van der Waals surface area (Å²) in [6, 6.07) is 6.54. The lowest BCUT2D eigenvalue weighted by Crippen LogP contribution is -2.42. The maximum absolute atomic E-state index is 13.5. The molecule has 0 amide bonds. The van der Waals surface area contributed by atoms with Crippen LogP contribution in [0.1, 0.15) is 18.4 Å². The molecule has 1 aromatic carbocycles. The van der Waals surface area contributed by atoms with E-state index in [2.05, 4.69) is 15.0 Å². The molecule has 1 aliphatic heterocycles. The number of piperidine rings is 1. The molecule has 1 fully saturated rings. The number of aromatic nitrogens is 3. The molecule has 2 heterocycles. The Kier molecular flexibility index (Phi) is 6.49. The first-order chi connectivity index (χ1) is 12.2. The molecule has 7 heteroatoms. The van der Waals surface area contributed by atoms with Gasteiger partial charge in [-0.3, -0.25) is 4.68 Å². The number of likely N-dealkylation sites (tertiary alicyclic amines) is 1. The van der Waals surface area contributed by atoms with E-state index in [1.165, 1.54) is 6.07 Å². The van der Waals surface area contributed by atoms with Gasteiger partial charge >= 0.3 is 0 Å². The molecule has 3 rings (SSSR count). The number of hydrogen-bond donors (Lipinski definition) is 1. The summed E-state index contributed by atoms with van der Waals surface area (Å²) in [7, 11) is 0. The second-order valence-electron chi connectivity index (χ2n) is 6.65. The number of benzene rings is 1. The number of halogens is 1. The van der Waals surface area contributed by atoms with E-state index < -0.39 is 6.10 Å². The molecular weight excluding hydrogens is 323 g/mol. The first kappa shape index (κ1) is 18.0. The van der Waals surface area contributed by atoms with Crippen molar-refractivity contribution >= 4 is 0 Å². The third-order valence-corrected chi connectivity index (χ3v) is 4.51. The Balaban J connectivity index is 1.38. The minimum atomic E-state index is -0.572. The van der Waals surface area contributed by atoms with Gasteiger partial charge in [-0.2, -0.15) is 5.10 Å². The lowest BCUT2D eigenvalue weighted by Gasteiger charge is -2.33. The zero-order valence-corrected chi connectivity index (χ0v) is 14.3. The fraction of sp³-hybridized carbons (Fsp3) is 0.556. The molecule has 0 aliphatic carbocycles. The Hall–Kier alpha value is -1.83. The number of aliphatic hydroxyl groups excluding tert-OH is 1. The normalized spacial score (nSPS) is 19.8. The van der Waals surface area contributed by atoms with Crippen LogP contribution in [-0.2, 0) is 17.9 Å². The highest BCUT2D eigenvalue weighted by Gasteiger charge is 2.22. The molecule has 0 bridgehead atoms. The van der Waals surface area contributed by atoms with E-state index >= 15 is 0 Å². The summed E-state index contributed by atoms with van der Waals surface area (Å²) >= 11 is 0. The van der Waals surface area contributed by atoms with Crippen molar-refractivity contribution in [2.75, 3.05) is 26.2 Å². The molecule has 2 atom stereocenters. The highest BCUT2D eigenvalue weighted by atomic mass is 19.1. The standard InChI is InChI=1S/C18H25FN4O2/c19-18-6-2-1-5-16(18)11-25-12-17(24)10-22-7-3-4-15(8-22)9-23-14-20-13-21-23/h1-2,5-6,13-15,17,24H,3-4,7-12H2. The SMILES string of the molecule is OC(COCc1ccccc1F)CN1CCCC(Cn2cncn2)C1. The highest BCUT2D eigenvalue weighted by Crippen LogP contribution is 2.18. The minimum Gasteiger partial charge on any atom is -0.389 e. The van der Waals surface area contributed by atoms with Gasteiger partial charge in [-0.1, -0.05) is 18.2 Å². The van der Waals surface area contributed by atoms with Gasteiger partial charge in [0.2, 0.25) is 0 Å². The van der Waals surface area contributed by atoms with Crippen molar-refractivity contribution in [3.8, 4) is 0 Å². The summed E-state index contributed by atoms with van der Waals surface area (Å²) < 4.78 is 20.9. The van der Waals surface area contributed by atoms with Crippen LogP contribution in [0.2, 0.25) is 0 Å². The van der Waals surface area contributed by atoms with E-state index in [0.717, 1.165) is 32.5 Å². The van der Waals surface area contributed by atoms with Crippen LogP contribution in [0.25, 0.3) is 0 Å². The Morgan fingerprint density at radius 2 is 2.24 bits per heavy atom. The van der Waals surface area contributed by atoms with E-state index in [-0.39, 0.29) is 19.0 Å². The smallest absolute Gasteiger partial charge is 0.137 e. The maximum Gasteiger partial charge on any atom is 0.137 e. The molecule has 6 nitrogen and oxygen atoms in total. The van der Waals surface area contributed by atoms with Gasteiger partial charge < -0.3 is 14.7 Å². The quantitative estimate of drug-likeness (QED) is 0.787. The predicted molar refractivity (Wildman–Crippen MR) is 91.2 cm³/mol. The van der Waals surface area contributed by atoms with Crippen LogP contribution in [0.3, 0.4) is 0 Å². The lowest BCUT2D eigenvalue weighted by molar-refractivity contribution is 0.00149. The largest absolute Gasteiger partial charge is 0.389 e. The average Bonchev–Trinajstić information content (AvgIpc) is 3.10. The van der Waals surface area contributed by atoms with Gasteiger partial charge in [-0.05, 0) is 31.4 Å². The summed E-state index contributed by atoms with van der Waals surface area (Å²) in [5.41, 5.74) is 0.514. The van der Waals surface area contributed by atoms with Gasteiger partial charge in [0.05, 0.1) is 19.3 Å². The topological polar surface area (TPSA) is 63.4 Å². The second-order valence-corrected chi connectivity index (χ2v) is 6.65. The fourth-order valence-electron chi connectivity index (χ4n) is 3.33. The molecule has 136 valence electrons. The lowest BCUT2D eigenvalue weighted by atomic mass is 9.98. The summed E-state index contributed by atoms with van der Waals surface area (Å²) in [4.78, 5) is 6.24. The van der Waals surface area contributed by atoms with E-state index in [0.29, 0.717) is 18.0 Å². The van der Waals surface area contributed by atoms with Gasteiger partial charge in [-0.15, -0.1) is 0 Å². The van der Waals surface area contributed by atoms with Gasteiger partial charge in [-0.25, -0.2) is 9.37 Å². The van der Waals surface area contributed by atoms with Crippen LogP contribution < -0.4 is 0 Å². The van der Waals surface area contributed by atoms with Crippen LogP contribution in [0.4, 0.5) is 4.39 Å². The summed E-state index contributed by atoms with van der Waals surface area (Å²) in [6.45, 7) is 3.74. The number of aliphatic hydroxyl groups is 1. The van der Waals surface area contributed by atoms with E-state index in [9.17, 15) is 9.50 Å². The Bertz CT molecular complexity index is 638. The van der Waals surface area contributed by atoms with Crippen LogP contribution in [0.5, 0.6) is 0 Å². The Morgan fingerprint density at radius 1 is 1.36 bits per heavy atom. The monoisotopic (exact) mass is 348 g/mol.